The number of hydrogen-bond donors (Lipinski definition) is 0. The second-order valence-corrected chi connectivity index (χ2v) is 3.98. The van der Waals surface area contributed by atoms with Gasteiger partial charge in [0.15, 0.2) is 0 Å². The van der Waals surface area contributed by atoms with Gasteiger partial charge in [0.25, 0.3) is 0 Å². The molecule has 0 heterocycles. The third kappa shape index (κ3) is 14.1. The lowest BCUT2D eigenvalue weighted by Crippen LogP contribution is -2.18. The highest BCUT2D eigenvalue weighted by molar-refractivity contribution is 5.36. The van der Waals surface area contributed by atoms with Gasteiger partial charge in [-0.2, -0.15) is 0 Å². The maximum Gasteiger partial charge on any atom is 0.573 e. The first kappa shape index (κ1) is 26.7. The second-order valence-electron chi connectivity index (χ2n) is 3.98. The fourth-order valence-electron chi connectivity index (χ4n) is 1.47. The van der Waals surface area contributed by atoms with Gasteiger partial charge >= 0.3 is 6.36 Å². The van der Waals surface area contributed by atoms with E-state index in [0.717, 1.165) is 12.1 Å². The molecule has 2 nitrogen and oxygen atoms in total. The Labute approximate surface area is 140 Å². The summed E-state index contributed by atoms with van der Waals surface area (Å²) in [6.45, 7) is 17.2. The minimum Gasteiger partial charge on any atom is -0.406 e. The zero-order valence-corrected chi connectivity index (χ0v) is 16.1. The predicted octanol–water partition coefficient (Wildman–Crippen LogP) is 6.42. The minimum atomic E-state index is -4.63. The van der Waals surface area contributed by atoms with Crippen molar-refractivity contribution in [2.24, 2.45) is 0 Å². The quantitative estimate of drug-likeness (QED) is 0.628. The van der Waals surface area contributed by atoms with Crippen LogP contribution in [0.2, 0.25) is 0 Å². The Morgan fingerprint density at radius 2 is 1.48 bits per heavy atom. The number of rotatable bonds is 4. The van der Waals surface area contributed by atoms with Crippen molar-refractivity contribution in [3.05, 3.63) is 29.3 Å². The molecule has 0 N–H and O–H groups in total. The Bertz CT molecular complexity index is 379. The van der Waals surface area contributed by atoms with Crippen molar-refractivity contribution in [2.45, 2.75) is 68.3 Å². The van der Waals surface area contributed by atoms with Crippen LogP contribution >= 0.6 is 0 Å². The van der Waals surface area contributed by atoms with E-state index in [1.54, 1.807) is 19.1 Å². The fraction of sp³-hybridized carbons (Fsp3) is 0.667. The summed E-state index contributed by atoms with van der Waals surface area (Å²) in [5, 5.41) is 0. The van der Waals surface area contributed by atoms with Crippen LogP contribution < -0.4 is 4.74 Å². The summed E-state index contributed by atoms with van der Waals surface area (Å²) in [5.74, 6) is -0.139. The molecule has 0 fully saturated rings. The zero-order valence-electron chi connectivity index (χ0n) is 16.1. The van der Waals surface area contributed by atoms with E-state index in [9.17, 15) is 13.2 Å². The van der Waals surface area contributed by atoms with Crippen LogP contribution in [0.4, 0.5) is 13.2 Å². The Balaban J connectivity index is -0.000000595. The molecule has 0 aromatic heterocycles. The molecule has 0 atom stereocenters. The number of aryl methyl sites for hydroxylation is 1. The van der Waals surface area contributed by atoms with E-state index < -0.39 is 6.36 Å². The van der Waals surface area contributed by atoms with Crippen LogP contribution in [0.5, 0.6) is 5.75 Å². The summed E-state index contributed by atoms with van der Waals surface area (Å²) in [7, 11) is 1.95. The molecule has 138 valence electrons. The van der Waals surface area contributed by atoms with Gasteiger partial charge in [-0.3, -0.25) is 0 Å². The van der Waals surface area contributed by atoms with Gasteiger partial charge in [0, 0.05) is 6.54 Å². The molecule has 1 aromatic rings. The van der Waals surface area contributed by atoms with Crippen molar-refractivity contribution in [2.75, 3.05) is 13.6 Å². The molecule has 0 spiro atoms. The van der Waals surface area contributed by atoms with Crippen molar-refractivity contribution >= 4 is 0 Å². The molecule has 0 aliphatic heterocycles. The van der Waals surface area contributed by atoms with Gasteiger partial charge in [-0.05, 0) is 37.7 Å². The van der Waals surface area contributed by atoms with E-state index in [-0.39, 0.29) is 5.75 Å². The predicted molar refractivity (Wildman–Crippen MR) is 93.9 cm³/mol. The fourth-order valence-corrected chi connectivity index (χ4v) is 1.47. The Morgan fingerprint density at radius 1 is 1.00 bits per heavy atom. The third-order valence-corrected chi connectivity index (χ3v) is 2.46. The third-order valence-electron chi connectivity index (χ3n) is 2.46. The van der Waals surface area contributed by atoms with Gasteiger partial charge in [-0.15, -0.1) is 13.2 Å². The number of ether oxygens (including phenoxy) is 1. The number of hydrogen-bond acceptors (Lipinski definition) is 2. The Kier molecular flexibility index (Phi) is 18.1. The highest BCUT2D eigenvalue weighted by atomic mass is 19.4. The molecular weight excluding hydrogens is 303 g/mol. The summed E-state index contributed by atoms with van der Waals surface area (Å²) in [6.07, 6.45) is -4.63. The lowest BCUT2D eigenvalue weighted by atomic mass is 10.1. The van der Waals surface area contributed by atoms with E-state index in [0.29, 0.717) is 12.1 Å². The molecule has 0 saturated carbocycles. The van der Waals surface area contributed by atoms with Crippen LogP contribution in [0, 0.1) is 6.92 Å². The molecule has 23 heavy (non-hydrogen) atoms. The van der Waals surface area contributed by atoms with Crippen molar-refractivity contribution in [3.63, 3.8) is 0 Å². The highest BCUT2D eigenvalue weighted by Gasteiger charge is 2.31. The Morgan fingerprint density at radius 3 is 1.83 bits per heavy atom. The highest BCUT2D eigenvalue weighted by Crippen LogP contribution is 2.26. The second kappa shape index (κ2) is 15.7. The maximum absolute atomic E-state index is 12.1. The van der Waals surface area contributed by atoms with Crippen LogP contribution in [0.3, 0.4) is 0 Å². The lowest BCUT2D eigenvalue weighted by Gasteiger charge is -2.16. The van der Waals surface area contributed by atoms with Gasteiger partial charge in [-0.25, -0.2) is 0 Å². The van der Waals surface area contributed by atoms with E-state index in [4.69, 9.17) is 0 Å². The SMILES string of the molecule is CC.CC.CC.CCN(C)Cc1ccc(OC(F)(F)F)c(C)c1. The smallest absolute Gasteiger partial charge is 0.406 e. The normalized spacial score (nSPS) is 9.61. The average molecular weight is 337 g/mol. The molecule has 1 rings (SSSR count). The van der Waals surface area contributed by atoms with Gasteiger partial charge in [0.2, 0.25) is 0 Å². The van der Waals surface area contributed by atoms with E-state index in [1.807, 2.05) is 55.5 Å². The summed E-state index contributed by atoms with van der Waals surface area (Å²) in [6, 6.07) is 4.73. The lowest BCUT2D eigenvalue weighted by molar-refractivity contribution is -0.274. The largest absolute Gasteiger partial charge is 0.573 e. The van der Waals surface area contributed by atoms with Gasteiger partial charge < -0.3 is 9.64 Å². The summed E-state index contributed by atoms with van der Waals surface area (Å²) in [4.78, 5) is 2.07. The van der Waals surface area contributed by atoms with Crippen LogP contribution in [0.25, 0.3) is 0 Å². The molecular formula is C18H34F3NO. The molecule has 0 radical (unpaired) electrons. The summed E-state index contributed by atoms with van der Waals surface area (Å²) >= 11 is 0. The topological polar surface area (TPSA) is 12.5 Å². The Hall–Kier alpha value is -1.23. The van der Waals surface area contributed by atoms with Crippen molar-refractivity contribution in [3.8, 4) is 5.75 Å². The van der Waals surface area contributed by atoms with E-state index >= 15 is 0 Å². The number of alkyl halides is 3. The van der Waals surface area contributed by atoms with E-state index in [1.165, 1.54) is 6.07 Å². The molecule has 0 saturated heterocycles. The number of nitrogens with zero attached hydrogens (tertiary/aromatic N) is 1. The number of halogens is 3. The maximum atomic E-state index is 12.1. The molecule has 0 aliphatic carbocycles. The minimum absolute atomic E-state index is 0.139. The standard InChI is InChI=1S/C12H16F3NO.3C2H6/c1-4-16(3)8-10-5-6-11(9(2)7-10)17-12(13,14)15;3*1-2/h5-7H,4,8H2,1-3H3;3*1-2H3. The first-order valence-electron chi connectivity index (χ1n) is 8.35. The average Bonchev–Trinajstić information content (AvgIpc) is 2.54. The molecule has 1 aromatic carbocycles. The van der Waals surface area contributed by atoms with Gasteiger partial charge in [-0.1, -0.05) is 60.6 Å². The van der Waals surface area contributed by atoms with Gasteiger partial charge in [0.05, 0.1) is 0 Å². The van der Waals surface area contributed by atoms with Crippen molar-refractivity contribution in [1.82, 2.24) is 4.90 Å². The first-order chi connectivity index (χ1) is 10.8. The molecule has 0 aliphatic rings. The van der Waals surface area contributed by atoms with Crippen molar-refractivity contribution in [1.29, 1.82) is 0 Å². The van der Waals surface area contributed by atoms with Gasteiger partial charge in [0.1, 0.15) is 5.75 Å². The summed E-state index contributed by atoms with van der Waals surface area (Å²) in [5.41, 5.74) is 1.46. The molecule has 0 amide bonds. The zero-order chi connectivity index (χ0) is 19.1. The molecule has 5 heteroatoms. The number of benzene rings is 1. The molecule has 0 bridgehead atoms. The van der Waals surface area contributed by atoms with Crippen LogP contribution in [0.15, 0.2) is 18.2 Å². The molecule has 0 unspecified atom stereocenters. The van der Waals surface area contributed by atoms with E-state index in [2.05, 4.69) is 9.64 Å². The van der Waals surface area contributed by atoms with Crippen LogP contribution in [0.1, 0.15) is 59.6 Å². The van der Waals surface area contributed by atoms with Crippen molar-refractivity contribution < 1.29 is 17.9 Å². The first-order valence-corrected chi connectivity index (χ1v) is 8.35. The van der Waals surface area contributed by atoms with Crippen LogP contribution in [-0.2, 0) is 6.54 Å². The van der Waals surface area contributed by atoms with Crippen LogP contribution in [-0.4, -0.2) is 24.9 Å². The monoisotopic (exact) mass is 337 g/mol. The summed E-state index contributed by atoms with van der Waals surface area (Å²) < 4.78 is 40.1.